The summed E-state index contributed by atoms with van der Waals surface area (Å²) in [5.74, 6) is 0.723. The standard InChI is InChI=1S/C19H23N5O2/c1-22-18(24-8-6-15-4-2-3-5-17(15)24)14-16(21-22)19(25)20-7-9-23-10-12-26-13-11-23/h2-6,8,14H,7,9-13H2,1H3,(H,20,25). The summed E-state index contributed by atoms with van der Waals surface area (Å²) in [6.45, 7) is 4.81. The van der Waals surface area contributed by atoms with E-state index in [0.29, 0.717) is 12.2 Å². The van der Waals surface area contributed by atoms with Crippen LogP contribution in [0.2, 0.25) is 0 Å². The minimum atomic E-state index is -0.142. The number of benzene rings is 1. The third kappa shape index (κ3) is 3.36. The number of nitrogens with zero attached hydrogens (tertiary/aromatic N) is 4. The Morgan fingerprint density at radius 2 is 2.04 bits per heavy atom. The summed E-state index contributed by atoms with van der Waals surface area (Å²) in [6, 6.07) is 12.0. The van der Waals surface area contributed by atoms with E-state index >= 15 is 0 Å². The van der Waals surface area contributed by atoms with Crippen LogP contribution in [0.3, 0.4) is 0 Å². The number of aryl methyl sites for hydroxylation is 1. The van der Waals surface area contributed by atoms with Gasteiger partial charge in [0.15, 0.2) is 5.69 Å². The van der Waals surface area contributed by atoms with Gasteiger partial charge in [-0.15, -0.1) is 0 Å². The fourth-order valence-corrected chi connectivity index (χ4v) is 3.32. The van der Waals surface area contributed by atoms with E-state index in [1.807, 2.05) is 36.0 Å². The first kappa shape index (κ1) is 16.8. The van der Waals surface area contributed by atoms with E-state index in [1.165, 1.54) is 0 Å². The second-order valence-electron chi connectivity index (χ2n) is 6.47. The molecule has 7 heteroatoms. The van der Waals surface area contributed by atoms with Gasteiger partial charge in [-0.1, -0.05) is 18.2 Å². The minimum Gasteiger partial charge on any atom is -0.379 e. The normalized spacial score (nSPS) is 15.4. The highest BCUT2D eigenvalue weighted by atomic mass is 16.5. The molecule has 0 bridgehead atoms. The van der Waals surface area contributed by atoms with Gasteiger partial charge in [0.05, 0.1) is 18.7 Å². The molecule has 2 aromatic heterocycles. The first-order valence-corrected chi connectivity index (χ1v) is 8.91. The molecule has 0 radical (unpaired) electrons. The lowest BCUT2D eigenvalue weighted by molar-refractivity contribution is 0.0383. The summed E-state index contributed by atoms with van der Waals surface area (Å²) < 4.78 is 9.12. The maximum atomic E-state index is 12.4. The summed E-state index contributed by atoms with van der Waals surface area (Å²) >= 11 is 0. The smallest absolute Gasteiger partial charge is 0.271 e. The molecule has 1 amide bonds. The number of aromatic nitrogens is 3. The Hall–Kier alpha value is -2.64. The molecule has 0 atom stereocenters. The van der Waals surface area contributed by atoms with E-state index in [1.54, 1.807) is 4.68 Å². The number of hydrogen-bond acceptors (Lipinski definition) is 4. The van der Waals surface area contributed by atoms with Crippen LogP contribution in [0.25, 0.3) is 16.7 Å². The first-order valence-electron chi connectivity index (χ1n) is 8.91. The summed E-state index contributed by atoms with van der Waals surface area (Å²) in [5, 5.41) is 8.51. The van der Waals surface area contributed by atoms with Crippen LogP contribution in [0, 0.1) is 0 Å². The van der Waals surface area contributed by atoms with Gasteiger partial charge in [0.25, 0.3) is 5.91 Å². The molecule has 0 aliphatic carbocycles. The Bertz CT molecular complexity index is 908. The lowest BCUT2D eigenvalue weighted by Crippen LogP contribution is -2.41. The van der Waals surface area contributed by atoms with Gasteiger partial charge in [-0.25, -0.2) is 0 Å². The first-order chi connectivity index (χ1) is 12.7. The van der Waals surface area contributed by atoms with Crippen LogP contribution in [-0.2, 0) is 11.8 Å². The van der Waals surface area contributed by atoms with E-state index in [4.69, 9.17) is 4.74 Å². The molecule has 0 spiro atoms. The Kier molecular flexibility index (Phi) is 4.73. The highest BCUT2D eigenvalue weighted by molar-refractivity contribution is 5.93. The molecule has 1 N–H and O–H groups in total. The lowest BCUT2D eigenvalue weighted by atomic mass is 10.2. The number of para-hydroxylation sites is 1. The van der Waals surface area contributed by atoms with Gasteiger partial charge >= 0.3 is 0 Å². The zero-order valence-corrected chi connectivity index (χ0v) is 14.9. The molecule has 0 unspecified atom stereocenters. The van der Waals surface area contributed by atoms with Crippen molar-refractivity contribution >= 4 is 16.8 Å². The van der Waals surface area contributed by atoms with Gasteiger partial charge in [-0.05, 0) is 17.5 Å². The zero-order valence-electron chi connectivity index (χ0n) is 14.9. The van der Waals surface area contributed by atoms with E-state index in [2.05, 4.69) is 33.5 Å². The van der Waals surface area contributed by atoms with Crippen LogP contribution >= 0.6 is 0 Å². The maximum absolute atomic E-state index is 12.4. The van der Waals surface area contributed by atoms with E-state index in [-0.39, 0.29) is 5.91 Å². The number of amides is 1. The number of hydrogen-bond donors (Lipinski definition) is 1. The van der Waals surface area contributed by atoms with Gasteiger partial charge in [0, 0.05) is 45.5 Å². The van der Waals surface area contributed by atoms with Crippen LogP contribution in [0.1, 0.15) is 10.5 Å². The second kappa shape index (κ2) is 7.31. The quantitative estimate of drug-likeness (QED) is 0.754. The third-order valence-electron chi connectivity index (χ3n) is 4.75. The molecule has 136 valence electrons. The van der Waals surface area contributed by atoms with Crippen molar-refractivity contribution in [1.29, 1.82) is 0 Å². The monoisotopic (exact) mass is 353 g/mol. The second-order valence-corrected chi connectivity index (χ2v) is 6.47. The molecule has 7 nitrogen and oxygen atoms in total. The van der Waals surface area contributed by atoms with Crippen LogP contribution in [0.5, 0.6) is 0 Å². The van der Waals surface area contributed by atoms with Crippen molar-refractivity contribution in [3.8, 4) is 5.82 Å². The number of rotatable bonds is 5. The predicted octanol–water partition coefficient (Wildman–Crippen LogP) is 1.43. The topological polar surface area (TPSA) is 64.3 Å². The van der Waals surface area contributed by atoms with E-state index in [0.717, 1.165) is 49.6 Å². The molecule has 0 saturated carbocycles. The molecular formula is C19H23N5O2. The van der Waals surface area contributed by atoms with Crippen molar-refractivity contribution in [2.24, 2.45) is 7.05 Å². The van der Waals surface area contributed by atoms with Gasteiger partial charge in [-0.3, -0.25) is 14.4 Å². The van der Waals surface area contributed by atoms with Crippen LogP contribution in [-0.4, -0.2) is 64.5 Å². The summed E-state index contributed by atoms with van der Waals surface area (Å²) in [6.07, 6.45) is 2.00. The van der Waals surface area contributed by atoms with Crippen molar-refractivity contribution < 1.29 is 9.53 Å². The number of fused-ring (bicyclic) bond motifs is 1. The number of morpholine rings is 1. The van der Waals surface area contributed by atoms with Gasteiger partial charge < -0.3 is 14.6 Å². The highest BCUT2D eigenvalue weighted by Gasteiger charge is 2.16. The number of ether oxygens (including phenoxy) is 1. The molecule has 3 heterocycles. The molecular weight excluding hydrogens is 330 g/mol. The van der Waals surface area contributed by atoms with Crippen molar-refractivity contribution in [3.05, 3.63) is 48.3 Å². The number of nitrogens with one attached hydrogen (secondary N) is 1. The van der Waals surface area contributed by atoms with Gasteiger partial charge in [0.1, 0.15) is 5.82 Å². The molecule has 26 heavy (non-hydrogen) atoms. The number of carbonyl (C=O) groups excluding carboxylic acids is 1. The van der Waals surface area contributed by atoms with Crippen molar-refractivity contribution in [1.82, 2.24) is 24.6 Å². The predicted molar refractivity (Wildman–Crippen MR) is 99.6 cm³/mol. The summed E-state index contributed by atoms with van der Waals surface area (Å²) in [4.78, 5) is 14.7. The third-order valence-corrected chi connectivity index (χ3v) is 4.75. The van der Waals surface area contributed by atoms with Crippen molar-refractivity contribution in [2.45, 2.75) is 0 Å². The molecule has 4 rings (SSSR count). The fraction of sp³-hybridized carbons (Fsp3) is 0.368. The van der Waals surface area contributed by atoms with Crippen molar-refractivity contribution in [2.75, 3.05) is 39.4 Å². The Balaban J connectivity index is 1.45. The lowest BCUT2D eigenvalue weighted by Gasteiger charge is -2.26. The molecule has 3 aromatic rings. The zero-order chi connectivity index (χ0) is 17.9. The molecule has 1 saturated heterocycles. The van der Waals surface area contributed by atoms with Crippen LogP contribution < -0.4 is 5.32 Å². The Morgan fingerprint density at radius 1 is 1.23 bits per heavy atom. The van der Waals surface area contributed by atoms with Gasteiger partial charge in [-0.2, -0.15) is 5.10 Å². The average Bonchev–Trinajstić information content (AvgIpc) is 3.26. The summed E-state index contributed by atoms with van der Waals surface area (Å²) in [7, 11) is 1.86. The SMILES string of the molecule is Cn1nc(C(=O)NCCN2CCOCC2)cc1-n1ccc2ccccc21. The average molecular weight is 353 g/mol. The maximum Gasteiger partial charge on any atom is 0.271 e. The Labute approximate surface area is 152 Å². The number of carbonyl (C=O) groups is 1. The fourth-order valence-electron chi connectivity index (χ4n) is 3.32. The van der Waals surface area contributed by atoms with Crippen LogP contribution in [0.15, 0.2) is 42.6 Å². The minimum absolute atomic E-state index is 0.142. The molecule has 1 aliphatic heterocycles. The molecule has 1 fully saturated rings. The molecule has 1 aromatic carbocycles. The van der Waals surface area contributed by atoms with Gasteiger partial charge in [0.2, 0.25) is 0 Å². The Morgan fingerprint density at radius 3 is 2.88 bits per heavy atom. The van der Waals surface area contributed by atoms with E-state index in [9.17, 15) is 4.79 Å². The van der Waals surface area contributed by atoms with E-state index < -0.39 is 0 Å². The van der Waals surface area contributed by atoms with Crippen molar-refractivity contribution in [3.63, 3.8) is 0 Å². The highest BCUT2D eigenvalue weighted by Crippen LogP contribution is 2.20. The molecule has 1 aliphatic rings. The van der Waals surface area contributed by atoms with Crippen LogP contribution in [0.4, 0.5) is 0 Å². The summed E-state index contributed by atoms with van der Waals surface area (Å²) in [5.41, 5.74) is 1.53. The largest absolute Gasteiger partial charge is 0.379 e.